The number of nitrogens with one attached hydrogen (secondary N) is 1. The number of hydrogen-bond acceptors (Lipinski definition) is 5. The Labute approximate surface area is 212 Å². The summed E-state index contributed by atoms with van der Waals surface area (Å²) in [6, 6.07) is 18.3. The average molecular weight is 513 g/mol. The summed E-state index contributed by atoms with van der Waals surface area (Å²) in [5.74, 6) is 0.206. The molecule has 37 heavy (non-hydrogen) atoms. The van der Waals surface area contributed by atoms with Crippen LogP contribution < -0.4 is 14.8 Å². The molecule has 4 aromatic rings. The molecule has 0 saturated carbocycles. The Hall–Kier alpha value is -4.05. The summed E-state index contributed by atoms with van der Waals surface area (Å²) in [6.45, 7) is 1.71. The van der Waals surface area contributed by atoms with Crippen LogP contribution in [0.25, 0.3) is 16.7 Å². The van der Waals surface area contributed by atoms with E-state index in [0.29, 0.717) is 28.9 Å². The number of halogens is 3. The van der Waals surface area contributed by atoms with Crippen molar-refractivity contribution in [3.05, 3.63) is 84.2 Å². The van der Waals surface area contributed by atoms with Crippen molar-refractivity contribution in [1.29, 1.82) is 0 Å². The highest BCUT2D eigenvalue weighted by Crippen LogP contribution is 2.24. The van der Waals surface area contributed by atoms with Crippen molar-refractivity contribution in [2.45, 2.75) is 19.4 Å². The predicted molar refractivity (Wildman–Crippen MR) is 134 cm³/mol. The molecule has 194 valence electrons. The molecule has 4 rings (SSSR count). The monoisotopic (exact) mass is 512 g/mol. The molecule has 1 amide bonds. The SMILES string of the molecule is CN(C)CCCNC(=O)c1ccc2c(c1)ncn2-c1ccc(OCc2ccc(OC(F)(F)F)cc2)cc1. The molecule has 1 aromatic heterocycles. The van der Waals surface area contributed by atoms with Crippen molar-refractivity contribution in [3.63, 3.8) is 0 Å². The average Bonchev–Trinajstić information content (AvgIpc) is 3.29. The molecule has 0 spiro atoms. The molecular weight excluding hydrogens is 485 g/mol. The Kier molecular flexibility index (Phi) is 7.98. The molecule has 0 saturated heterocycles. The third-order valence-corrected chi connectivity index (χ3v) is 5.55. The van der Waals surface area contributed by atoms with Crippen molar-refractivity contribution in [2.75, 3.05) is 27.2 Å². The number of ether oxygens (including phenoxy) is 2. The topological polar surface area (TPSA) is 68.6 Å². The van der Waals surface area contributed by atoms with Gasteiger partial charge >= 0.3 is 6.36 Å². The predicted octanol–water partition coefficient (Wildman–Crippen LogP) is 5.18. The van der Waals surface area contributed by atoms with Gasteiger partial charge in [0.15, 0.2) is 0 Å². The fourth-order valence-electron chi connectivity index (χ4n) is 3.72. The number of carbonyl (C=O) groups excluding carboxylic acids is 1. The standard InChI is InChI=1S/C27H27F3N4O3/c1-33(2)15-3-14-31-26(35)20-6-13-25-24(16-20)32-18-34(25)21-7-11-22(12-8-21)36-17-19-4-9-23(10-5-19)37-27(28,29)30/h4-13,16,18H,3,14-15,17H2,1-2H3,(H,31,35). The zero-order valence-corrected chi connectivity index (χ0v) is 20.5. The normalized spacial score (nSPS) is 11.6. The largest absolute Gasteiger partial charge is 0.573 e. The van der Waals surface area contributed by atoms with E-state index in [0.717, 1.165) is 24.2 Å². The number of rotatable bonds is 10. The minimum atomic E-state index is -4.72. The lowest BCUT2D eigenvalue weighted by Gasteiger charge is -2.11. The van der Waals surface area contributed by atoms with E-state index < -0.39 is 6.36 Å². The first-order chi connectivity index (χ1) is 17.7. The van der Waals surface area contributed by atoms with Crippen LogP contribution in [0, 0.1) is 0 Å². The van der Waals surface area contributed by atoms with Gasteiger partial charge in [0.25, 0.3) is 5.91 Å². The summed E-state index contributed by atoms with van der Waals surface area (Å²) in [7, 11) is 3.99. The summed E-state index contributed by atoms with van der Waals surface area (Å²) in [6.07, 6.45) is -2.15. The van der Waals surface area contributed by atoms with E-state index in [9.17, 15) is 18.0 Å². The van der Waals surface area contributed by atoms with Crippen LogP contribution in [0.1, 0.15) is 22.3 Å². The molecule has 0 aliphatic carbocycles. The van der Waals surface area contributed by atoms with Crippen LogP contribution in [-0.2, 0) is 6.61 Å². The summed E-state index contributed by atoms with van der Waals surface area (Å²) in [5.41, 5.74) is 3.70. The number of carbonyl (C=O) groups is 1. The Bertz CT molecular complexity index is 1330. The van der Waals surface area contributed by atoms with Gasteiger partial charge in [-0.3, -0.25) is 9.36 Å². The molecule has 10 heteroatoms. The zero-order valence-electron chi connectivity index (χ0n) is 20.5. The molecule has 0 bridgehead atoms. The van der Waals surface area contributed by atoms with E-state index in [-0.39, 0.29) is 18.3 Å². The van der Waals surface area contributed by atoms with Gasteiger partial charge in [0.1, 0.15) is 24.4 Å². The van der Waals surface area contributed by atoms with Crippen molar-refractivity contribution in [3.8, 4) is 17.2 Å². The van der Waals surface area contributed by atoms with Gasteiger partial charge in [-0.2, -0.15) is 0 Å². The molecular formula is C27H27F3N4O3. The quantitative estimate of drug-likeness (QED) is 0.297. The van der Waals surface area contributed by atoms with E-state index in [4.69, 9.17) is 4.74 Å². The molecule has 0 aliphatic heterocycles. The van der Waals surface area contributed by atoms with Crippen molar-refractivity contribution in [2.24, 2.45) is 0 Å². The summed E-state index contributed by atoms with van der Waals surface area (Å²) in [5, 5.41) is 2.93. The van der Waals surface area contributed by atoms with E-state index in [2.05, 4.69) is 19.9 Å². The molecule has 1 heterocycles. The van der Waals surface area contributed by atoms with Gasteiger partial charge in [-0.05, 0) is 87.2 Å². The van der Waals surface area contributed by atoms with Crippen molar-refractivity contribution >= 4 is 16.9 Å². The Morgan fingerprint density at radius 2 is 1.70 bits per heavy atom. The van der Waals surface area contributed by atoms with Gasteiger partial charge < -0.3 is 19.7 Å². The number of benzene rings is 3. The first kappa shape index (κ1) is 26.0. The van der Waals surface area contributed by atoms with E-state index in [1.54, 1.807) is 30.6 Å². The van der Waals surface area contributed by atoms with Gasteiger partial charge in [-0.1, -0.05) is 12.1 Å². The van der Waals surface area contributed by atoms with Gasteiger partial charge in [0, 0.05) is 17.8 Å². The van der Waals surface area contributed by atoms with Gasteiger partial charge in [0.05, 0.1) is 11.0 Å². The molecule has 0 radical (unpaired) electrons. The summed E-state index contributed by atoms with van der Waals surface area (Å²) >= 11 is 0. The first-order valence-electron chi connectivity index (χ1n) is 11.7. The maximum atomic E-state index is 12.5. The second-order valence-corrected chi connectivity index (χ2v) is 8.71. The molecule has 0 aliphatic rings. The Balaban J connectivity index is 1.36. The molecule has 0 fully saturated rings. The molecule has 0 atom stereocenters. The van der Waals surface area contributed by atoms with Gasteiger partial charge in [0.2, 0.25) is 0 Å². The lowest BCUT2D eigenvalue weighted by atomic mass is 10.2. The molecule has 7 nitrogen and oxygen atoms in total. The molecule has 1 N–H and O–H groups in total. The van der Waals surface area contributed by atoms with Crippen LogP contribution in [0.2, 0.25) is 0 Å². The Morgan fingerprint density at radius 1 is 1.00 bits per heavy atom. The second-order valence-electron chi connectivity index (χ2n) is 8.71. The number of aromatic nitrogens is 2. The molecule has 3 aromatic carbocycles. The number of nitrogens with zero attached hydrogens (tertiary/aromatic N) is 3. The van der Waals surface area contributed by atoms with E-state index in [1.165, 1.54) is 24.3 Å². The maximum absolute atomic E-state index is 12.5. The first-order valence-corrected chi connectivity index (χ1v) is 11.7. The fourth-order valence-corrected chi connectivity index (χ4v) is 3.72. The summed E-state index contributed by atoms with van der Waals surface area (Å²) < 4.78 is 48.4. The highest BCUT2D eigenvalue weighted by atomic mass is 19.4. The number of fused-ring (bicyclic) bond motifs is 1. The minimum absolute atomic E-state index is 0.126. The highest BCUT2D eigenvalue weighted by molar-refractivity contribution is 5.97. The second kappa shape index (κ2) is 11.3. The lowest BCUT2D eigenvalue weighted by Crippen LogP contribution is -2.27. The number of imidazole rings is 1. The third-order valence-electron chi connectivity index (χ3n) is 5.55. The van der Waals surface area contributed by atoms with Crippen LogP contribution in [-0.4, -0.2) is 53.9 Å². The zero-order chi connectivity index (χ0) is 26.4. The van der Waals surface area contributed by atoms with Crippen LogP contribution >= 0.6 is 0 Å². The highest BCUT2D eigenvalue weighted by Gasteiger charge is 2.30. The van der Waals surface area contributed by atoms with Crippen LogP contribution in [0.4, 0.5) is 13.2 Å². The minimum Gasteiger partial charge on any atom is -0.489 e. The van der Waals surface area contributed by atoms with E-state index in [1.807, 2.05) is 36.9 Å². The van der Waals surface area contributed by atoms with E-state index >= 15 is 0 Å². The number of amides is 1. The maximum Gasteiger partial charge on any atom is 0.573 e. The van der Waals surface area contributed by atoms with Crippen LogP contribution in [0.15, 0.2) is 73.1 Å². The van der Waals surface area contributed by atoms with Crippen molar-refractivity contribution in [1.82, 2.24) is 19.8 Å². The van der Waals surface area contributed by atoms with Gasteiger partial charge in [-0.15, -0.1) is 13.2 Å². The van der Waals surface area contributed by atoms with Crippen molar-refractivity contribution < 1.29 is 27.4 Å². The lowest BCUT2D eigenvalue weighted by molar-refractivity contribution is -0.274. The smallest absolute Gasteiger partial charge is 0.489 e. The number of hydrogen-bond donors (Lipinski definition) is 1. The molecule has 0 unspecified atom stereocenters. The van der Waals surface area contributed by atoms with Crippen LogP contribution in [0.3, 0.4) is 0 Å². The Morgan fingerprint density at radius 3 is 2.38 bits per heavy atom. The summed E-state index contributed by atoms with van der Waals surface area (Å²) in [4.78, 5) is 19.0. The fraction of sp³-hybridized carbons (Fsp3) is 0.259. The number of alkyl halides is 3. The van der Waals surface area contributed by atoms with Gasteiger partial charge in [-0.25, -0.2) is 4.98 Å². The van der Waals surface area contributed by atoms with Crippen LogP contribution in [0.5, 0.6) is 11.5 Å². The third kappa shape index (κ3) is 7.23.